The molecule has 0 spiro atoms. The highest BCUT2D eigenvalue weighted by atomic mass is 16.2. The number of carbonyl (C=O) groups is 3. The quantitative estimate of drug-likeness (QED) is 0.597. The van der Waals surface area contributed by atoms with Crippen LogP contribution in [0.3, 0.4) is 0 Å². The Morgan fingerprint density at radius 1 is 0.963 bits per heavy atom. The predicted molar refractivity (Wildman–Crippen MR) is 106 cm³/mol. The number of benzene rings is 2. The molecule has 27 heavy (non-hydrogen) atoms. The Bertz CT molecular complexity index is 811. The first-order valence-electron chi connectivity index (χ1n) is 9.01. The van der Waals surface area contributed by atoms with Crippen molar-refractivity contribution in [2.45, 2.75) is 34.2 Å². The normalized spacial score (nSPS) is 11.0. The molecule has 0 bridgehead atoms. The van der Waals surface area contributed by atoms with E-state index >= 15 is 0 Å². The zero-order valence-electron chi connectivity index (χ0n) is 16.3. The lowest BCUT2D eigenvalue weighted by Crippen LogP contribution is -2.47. The molecule has 0 saturated carbocycles. The van der Waals surface area contributed by atoms with E-state index in [1.807, 2.05) is 37.3 Å². The van der Waals surface area contributed by atoms with E-state index in [9.17, 15) is 14.4 Å². The number of ketones is 1. The lowest BCUT2D eigenvalue weighted by atomic mass is 9.89. The smallest absolute Gasteiger partial charge is 0.239 e. The van der Waals surface area contributed by atoms with Crippen molar-refractivity contribution in [3.8, 4) is 0 Å². The SMILES string of the molecule is CCN(Cc1ccccc1)C(=O)C(C)(C)C(=O)Nc1ccc(C(C)=O)cc1. The van der Waals surface area contributed by atoms with Gasteiger partial charge in [0, 0.05) is 24.3 Å². The van der Waals surface area contributed by atoms with E-state index in [0.717, 1.165) is 5.56 Å². The summed E-state index contributed by atoms with van der Waals surface area (Å²) in [5.74, 6) is -0.649. The molecule has 0 unspecified atom stereocenters. The summed E-state index contributed by atoms with van der Waals surface area (Å²) in [5.41, 5.74) is 0.924. The topological polar surface area (TPSA) is 66.5 Å². The zero-order chi connectivity index (χ0) is 20.0. The Kier molecular flexibility index (Phi) is 6.50. The Morgan fingerprint density at radius 2 is 1.56 bits per heavy atom. The van der Waals surface area contributed by atoms with Crippen molar-refractivity contribution < 1.29 is 14.4 Å². The van der Waals surface area contributed by atoms with E-state index in [1.165, 1.54) is 6.92 Å². The van der Waals surface area contributed by atoms with Gasteiger partial charge < -0.3 is 10.2 Å². The number of hydrogen-bond acceptors (Lipinski definition) is 3. The molecule has 0 aliphatic carbocycles. The molecule has 1 N–H and O–H groups in total. The molecule has 0 radical (unpaired) electrons. The maximum atomic E-state index is 13.0. The van der Waals surface area contributed by atoms with Gasteiger partial charge in [0.05, 0.1) is 0 Å². The Morgan fingerprint density at radius 3 is 2.07 bits per heavy atom. The Labute approximate surface area is 160 Å². The van der Waals surface area contributed by atoms with Crippen molar-refractivity contribution in [1.82, 2.24) is 4.90 Å². The lowest BCUT2D eigenvalue weighted by molar-refractivity contribution is -0.146. The zero-order valence-corrected chi connectivity index (χ0v) is 16.3. The van der Waals surface area contributed by atoms with Gasteiger partial charge in [0.1, 0.15) is 5.41 Å². The molecule has 0 fully saturated rings. The van der Waals surface area contributed by atoms with Crippen LogP contribution in [-0.4, -0.2) is 29.0 Å². The maximum Gasteiger partial charge on any atom is 0.239 e. The fourth-order valence-corrected chi connectivity index (χ4v) is 2.70. The molecule has 5 heteroatoms. The molecule has 0 aliphatic heterocycles. The Balaban J connectivity index is 2.10. The van der Waals surface area contributed by atoms with E-state index < -0.39 is 5.41 Å². The minimum atomic E-state index is -1.22. The number of rotatable bonds is 7. The molecule has 2 amide bonds. The molecule has 2 rings (SSSR count). The van der Waals surface area contributed by atoms with Crippen LogP contribution in [0.5, 0.6) is 0 Å². The van der Waals surface area contributed by atoms with E-state index in [2.05, 4.69) is 5.32 Å². The van der Waals surface area contributed by atoms with Gasteiger partial charge in [-0.3, -0.25) is 14.4 Å². The van der Waals surface area contributed by atoms with Gasteiger partial charge in [0.15, 0.2) is 5.78 Å². The number of amides is 2. The van der Waals surface area contributed by atoms with Crippen molar-refractivity contribution in [2.75, 3.05) is 11.9 Å². The van der Waals surface area contributed by atoms with Crippen LogP contribution in [0, 0.1) is 5.41 Å². The van der Waals surface area contributed by atoms with Gasteiger partial charge >= 0.3 is 0 Å². The monoisotopic (exact) mass is 366 g/mol. The lowest BCUT2D eigenvalue weighted by Gasteiger charge is -2.30. The molecule has 0 atom stereocenters. The number of Topliss-reactive ketones (excluding diaryl/α,β-unsaturated/α-hetero) is 1. The van der Waals surface area contributed by atoms with Gasteiger partial charge in [-0.05, 0) is 57.5 Å². The Hall–Kier alpha value is -2.95. The van der Waals surface area contributed by atoms with Crippen molar-refractivity contribution in [1.29, 1.82) is 0 Å². The fraction of sp³-hybridized carbons (Fsp3) is 0.318. The molecule has 2 aromatic rings. The first kappa shape index (κ1) is 20.4. The summed E-state index contributed by atoms with van der Waals surface area (Å²) in [6.45, 7) is 7.61. The predicted octanol–water partition coefficient (Wildman–Crippen LogP) is 3.90. The number of hydrogen-bond donors (Lipinski definition) is 1. The molecule has 0 saturated heterocycles. The molecule has 0 aromatic heterocycles. The molecule has 0 aliphatic rings. The third kappa shape index (κ3) is 5.03. The standard InChI is InChI=1S/C22H26N2O3/c1-5-24(15-17-9-7-6-8-10-17)21(27)22(3,4)20(26)23-19-13-11-18(12-14-19)16(2)25/h6-14H,5,15H2,1-4H3,(H,23,26). The average Bonchev–Trinajstić information content (AvgIpc) is 2.66. The second-order valence-electron chi connectivity index (χ2n) is 7.02. The summed E-state index contributed by atoms with van der Waals surface area (Å²) < 4.78 is 0. The van der Waals surface area contributed by atoms with Crippen LogP contribution >= 0.6 is 0 Å². The number of carbonyl (C=O) groups excluding carboxylic acids is 3. The number of nitrogens with one attached hydrogen (secondary N) is 1. The highest BCUT2D eigenvalue weighted by molar-refractivity contribution is 6.10. The highest BCUT2D eigenvalue weighted by Crippen LogP contribution is 2.23. The number of anilines is 1. The fourth-order valence-electron chi connectivity index (χ4n) is 2.70. The van der Waals surface area contributed by atoms with Crippen molar-refractivity contribution in [3.63, 3.8) is 0 Å². The second kappa shape index (κ2) is 8.62. The molecule has 0 heterocycles. The minimum absolute atomic E-state index is 0.0390. The molecular formula is C22H26N2O3. The van der Waals surface area contributed by atoms with Gasteiger partial charge in [-0.1, -0.05) is 30.3 Å². The third-order valence-electron chi connectivity index (χ3n) is 4.54. The van der Waals surface area contributed by atoms with Crippen LogP contribution in [0.1, 0.15) is 43.6 Å². The average molecular weight is 366 g/mol. The largest absolute Gasteiger partial charge is 0.338 e. The van der Waals surface area contributed by atoms with Gasteiger partial charge in [-0.25, -0.2) is 0 Å². The highest BCUT2D eigenvalue weighted by Gasteiger charge is 2.38. The van der Waals surface area contributed by atoms with E-state index in [-0.39, 0.29) is 17.6 Å². The molecule has 142 valence electrons. The van der Waals surface area contributed by atoms with Crippen molar-refractivity contribution in [2.24, 2.45) is 5.41 Å². The van der Waals surface area contributed by atoms with Crippen molar-refractivity contribution >= 4 is 23.3 Å². The van der Waals surface area contributed by atoms with Gasteiger partial charge in [-0.2, -0.15) is 0 Å². The maximum absolute atomic E-state index is 13.0. The van der Waals surface area contributed by atoms with Crippen LogP contribution in [0.25, 0.3) is 0 Å². The van der Waals surface area contributed by atoms with Crippen LogP contribution in [-0.2, 0) is 16.1 Å². The summed E-state index contributed by atoms with van der Waals surface area (Å²) >= 11 is 0. The second-order valence-corrected chi connectivity index (χ2v) is 7.02. The first-order chi connectivity index (χ1) is 12.8. The van der Waals surface area contributed by atoms with E-state index in [0.29, 0.717) is 24.3 Å². The molecular weight excluding hydrogens is 340 g/mol. The van der Waals surface area contributed by atoms with Gasteiger partial charge in [0.2, 0.25) is 11.8 Å². The van der Waals surface area contributed by atoms with Crippen LogP contribution in [0.2, 0.25) is 0 Å². The van der Waals surface area contributed by atoms with Crippen LogP contribution in [0.4, 0.5) is 5.69 Å². The van der Waals surface area contributed by atoms with Gasteiger partial charge in [0.25, 0.3) is 0 Å². The van der Waals surface area contributed by atoms with Crippen LogP contribution < -0.4 is 5.32 Å². The van der Waals surface area contributed by atoms with Gasteiger partial charge in [-0.15, -0.1) is 0 Å². The summed E-state index contributed by atoms with van der Waals surface area (Å²) in [4.78, 5) is 38.8. The minimum Gasteiger partial charge on any atom is -0.338 e. The molecule has 5 nitrogen and oxygen atoms in total. The van der Waals surface area contributed by atoms with Crippen molar-refractivity contribution in [3.05, 3.63) is 65.7 Å². The summed E-state index contributed by atoms with van der Waals surface area (Å²) in [6, 6.07) is 16.3. The number of nitrogens with zero attached hydrogens (tertiary/aromatic N) is 1. The molecule has 2 aromatic carbocycles. The third-order valence-corrected chi connectivity index (χ3v) is 4.54. The van der Waals surface area contributed by atoms with Crippen LogP contribution in [0.15, 0.2) is 54.6 Å². The summed E-state index contributed by atoms with van der Waals surface area (Å²) in [7, 11) is 0. The summed E-state index contributed by atoms with van der Waals surface area (Å²) in [5, 5.41) is 2.77. The van der Waals surface area contributed by atoms with E-state index in [4.69, 9.17) is 0 Å². The summed E-state index contributed by atoms with van der Waals surface area (Å²) in [6.07, 6.45) is 0. The first-order valence-corrected chi connectivity index (χ1v) is 9.01. The van der Waals surface area contributed by atoms with E-state index in [1.54, 1.807) is 43.0 Å².